The van der Waals surface area contributed by atoms with Gasteiger partial charge in [-0.15, -0.1) is 11.8 Å². The van der Waals surface area contributed by atoms with E-state index in [1.165, 1.54) is 11.9 Å². The third-order valence-electron chi connectivity index (χ3n) is 2.57. The molecule has 18 heavy (non-hydrogen) atoms. The normalized spacial score (nSPS) is 21.1. The van der Waals surface area contributed by atoms with Gasteiger partial charge in [0.05, 0.1) is 0 Å². The van der Waals surface area contributed by atoms with Crippen LogP contribution in [0.3, 0.4) is 0 Å². The minimum absolute atomic E-state index is 0.161. The highest BCUT2D eigenvalue weighted by Gasteiger charge is 2.28. The monoisotopic (exact) mass is 257 g/mol. The van der Waals surface area contributed by atoms with Crippen molar-refractivity contribution < 1.29 is 0 Å². The van der Waals surface area contributed by atoms with Gasteiger partial charge in [-0.05, 0) is 5.56 Å². The zero-order valence-electron chi connectivity index (χ0n) is 9.52. The molecule has 0 amide bonds. The lowest BCUT2D eigenvalue weighted by Crippen LogP contribution is -2.31. The highest BCUT2D eigenvalue weighted by molar-refractivity contribution is 8.13. The van der Waals surface area contributed by atoms with E-state index < -0.39 is 0 Å². The fourth-order valence-corrected chi connectivity index (χ4v) is 2.71. The second kappa shape index (κ2) is 4.73. The Morgan fingerprint density at radius 1 is 1.17 bits per heavy atom. The smallest absolute Gasteiger partial charge is 0.222 e. The lowest BCUT2D eigenvalue weighted by Gasteiger charge is -2.15. The van der Waals surface area contributed by atoms with Crippen LogP contribution in [0.25, 0.3) is 0 Å². The van der Waals surface area contributed by atoms with Crippen molar-refractivity contribution in [3.8, 4) is 0 Å². The maximum atomic E-state index is 5.66. The molecule has 2 N–H and O–H groups in total. The summed E-state index contributed by atoms with van der Waals surface area (Å²) in [6.07, 6.45) is 1.51. The van der Waals surface area contributed by atoms with Crippen LogP contribution in [-0.4, -0.2) is 29.2 Å². The van der Waals surface area contributed by atoms with Crippen molar-refractivity contribution in [3.05, 3.63) is 35.9 Å². The molecule has 0 saturated heterocycles. The molecule has 6 heteroatoms. The molecule has 2 aliphatic rings. The predicted molar refractivity (Wildman–Crippen MR) is 76.5 cm³/mol. The molecule has 0 spiro atoms. The summed E-state index contributed by atoms with van der Waals surface area (Å²) in [6.45, 7) is 0. The third kappa shape index (κ3) is 2.19. The molecular formula is C12H11N5S. The quantitative estimate of drug-likeness (QED) is 0.870. The zero-order chi connectivity index (χ0) is 12.4. The highest BCUT2D eigenvalue weighted by Crippen LogP contribution is 2.22. The topological polar surface area (TPSA) is 75.5 Å². The molecule has 0 fully saturated rings. The third-order valence-corrected chi connectivity index (χ3v) is 3.66. The lowest BCUT2D eigenvalue weighted by molar-refractivity contribution is 1.15. The van der Waals surface area contributed by atoms with Crippen LogP contribution in [0.1, 0.15) is 5.56 Å². The average Bonchev–Trinajstić information content (AvgIpc) is 2.85. The number of amidine groups is 1. The van der Waals surface area contributed by atoms with Gasteiger partial charge in [0.2, 0.25) is 5.96 Å². The summed E-state index contributed by atoms with van der Waals surface area (Å²) in [7, 11) is 0. The van der Waals surface area contributed by atoms with E-state index in [1.54, 1.807) is 11.8 Å². The molecule has 3 rings (SSSR count). The molecule has 1 aromatic rings. The molecule has 0 aromatic heterocycles. The Hall–Kier alpha value is -1.95. The Balaban J connectivity index is 1.75. The van der Waals surface area contributed by atoms with E-state index in [9.17, 15) is 0 Å². The van der Waals surface area contributed by atoms with E-state index in [-0.39, 0.29) is 12.0 Å². The lowest BCUT2D eigenvalue weighted by atomic mass is 10.2. The van der Waals surface area contributed by atoms with Gasteiger partial charge in [0, 0.05) is 5.75 Å². The fourth-order valence-electron chi connectivity index (χ4n) is 1.72. The number of nitrogens with zero attached hydrogens (tertiary/aromatic N) is 4. The molecule has 2 aliphatic heterocycles. The Morgan fingerprint density at radius 2 is 2.00 bits per heavy atom. The molecule has 2 heterocycles. The predicted octanol–water partition coefficient (Wildman–Crippen LogP) is 1.46. The number of fused-ring (bicyclic) bond motifs is 1. The van der Waals surface area contributed by atoms with Gasteiger partial charge in [0.25, 0.3) is 0 Å². The van der Waals surface area contributed by atoms with Crippen molar-refractivity contribution in [1.82, 2.24) is 0 Å². The van der Waals surface area contributed by atoms with E-state index in [4.69, 9.17) is 5.73 Å². The van der Waals surface area contributed by atoms with Crippen molar-refractivity contribution >= 4 is 34.9 Å². The largest absolute Gasteiger partial charge is 0.368 e. The molecule has 0 aliphatic carbocycles. The van der Waals surface area contributed by atoms with Gasteiger partial charge in [0.15, 0.2) is 11.9 Å². The van der Waals surface area contributed by atoms with E-state index in [2.05, 4.69) is 32.1 Å². The number of thioether (sulfide) groups is 1. The highest BCUT2D eigenvalue weighted by atomic mass is 32.2. The Kier molecular flexibility index (Phi) is 2.93. The van der Waals surface area contributed by atoms with Gasteiger partial charge in [-0.3, -0.25) is 4.99 Å². The summed E-state index contributed by atoms with van der Waals surface area (Å²) < 4.78 is 0. The van der Waals surface area contributed by atoms with Crippen molar-refractivity contribution in [1.29, 1.82) is 0 Å². The van der Waals surface area contributed by atoms with E-state index in [0.29, 0.717) is 5.84 Å². The van der Waals surface area contributed by atoms with Gasteiger partial charge < -0.3 is 5.73 Å². The summed E-state index contributed by atoms with van der Waals surface area (Å²) in [5.41, 5.74) is 6.91. The molecule has 0 saturated carbocycles. The molecule has 1 atom stereocenters. The van der Waals surface area contributed by atoms with Crippen LogP contribution >= 0.6 is 11.8 Å². The van der Waals surface area contributed by atoms with Crippen LogP contribution in [0.2, 0.25) is 0 Å². The number of rotatable bonds is 2. The first-order chi connectivity index (χ1) is 8.83. The van der Waals surface area contributed by atoms with Gasteiger partial charge in [-0.1, -0.05) is 30.3 Å². The van der Waals surface area contributed by atoms with E-state index in [0.717, 1.165) is 10.8 Å². The van der Waals surface area contributed by atoms with Gasteiger partial charge in [0.1, 0.15) is 11.4 Å². The fraction of sp³-hybridized carbons (Fsp3) is 0.167. The number of aliphatic imine (C=N–C) groups is 4. The molecule has 0 bridgehead atoms. The molecule has 0 radical (unpaired) electrons. The van der Waals surface area contributed by atoms with Crippen LogP contribution in [-0.2, 0) is 5.75 Å². The standard InChI is InChI=1S/C12H11N5S/c13-12-16-10-9(14-7-15-10)11(17-12)18-6-8-4-2-1-3-5-8/h1-5,7,9H,6H2,(H2,13,14,15,16). The molecular weight excluding hydrogens is 246 g/mol. The summed E-state index contributed by atoms with van der Waals surface area (Å²) in [5, 5.41) is 0.860. The maximum absolute atomic E-state index is 5.66. The van der Waals surface area contributed by atoms with Crippen molar-refractivity contribution in [2.45, 2.75) is 11.8 Å². The van der Waals surface area contributed by atoms with E-state index in [1.807, 2.05) is 18.2 Å². The number of nitrogens with two attached hydrogens (primary N) is 1. The molecule has 1 unspecified atom stereocenters. The van der Waals surface area contributed by atoms with Gasteiger partial charge in [-0.25, -0.2) is 9.98 Å². The zero-order valence-corrected chi connectivity index (χ0v) is 10.3. The first-order valence-corrected chi connectivity index (χ1v) is 6.50. The number of hydrogen-bond donors (Lipinski definition) is 1. The van der Waals surface area contributed by atoms with Crippen molar-refractivity contribution in [3.63, 3.8) is 0 Å². The average molecular weight is 257 g/mol. The number of guanidine groups is 1. The molecule has 1 aromatic carbocycles. The second-order valence-corrected chi connectivity index (χ2v) is 4.84. The summed E-state index contributed by atoms with van der Waals surface area (Å²) >= 11 is 1.63. The SMILES string of the molecule is NC1=NC2=NC=NC2C(SCc2ccccc2)=N1. The summed E-state index contributed by atoms with van der Waals surface area (Å²) in [6, 6.07) is 10.1. The van der Waals surface area contributed by atoms with Gasteiger partial charge in [-0.2, -0.15) is 4.99 Å². The van der Waals surface area contributed by atoms with Crippen LogP contribution in [0.5, 0.6) is 0 Å². The van der Waals surface area contributed by atoms with E-state index >= 15 is 0 Å². The minimum Gasteiger partial charge on any atom is -0.368 e. The Morgan fingerprint density at radius 3 is 2.83 bits per heavy atom. The molecule has 5 nitrogen and oxygen atoms in total. The Bertz CT molecular complexity index is 573. The Labute approximate surface area is 109 Å². The first-order valence-electron chi connectivity index (χ1n) is 5.52. The minimum atomic E-state index is -0.161. The van der Waals surface area contributed by atoms with Crippen molar-refractivity contribution in [2.24, 2.45) is 25.7 Å². The summed E-state index contributed by atoms with van der Waals surface area (Å²) in [4.78, 5) is 16.6. The van der Waals surface area contributed by atoms with Crippen LogP contribution in [0.15, 0.2) is 50.3 Å². The van der Waals surface area contributed by atoms with Crippen LogP contribution in [0, 0.1) is 0 Å². The second-order valence-electron chi connectivity index (χ2n) is 3.85. The maximum Gasteiger partial charge on any atom is 0.222 e. The van der Waals surface area contributed by atoms with Gasteiger partial charge >= 0.3 is 0 Å². The van der Waals surface area contributed by atoms with Crippen LogP contribution < -0.4 is 5.73 Å². The number of hydrogen-bond acceptors (Lipinski definition) is 6. The molecule has 90 valence electrons. The summed E-state index contributed by atoms with van der Waals surface area (Å²) in [5.74, 6) is 1.73. The number of benzene rings is 1. The first kappa shape index (κ1) is 11.2. The van der Waals surface area contributed by atoms with Crippen LogP contribution in [0.4, 0.5) is 0 Å². The van der Waals surface area contributed by atoms with Crippen molar-refractivity contribution in [2.75, 3.05) is 0 Å².